The van der Waals surface area contributed by atoms with Gasteiger partial charge in [-0.2, -0.15) is 11.3 Å². The molecule has 0 saturated carbocycles. The van der Waals surface area contributed by atoms with E-state index in [1.165, 1.54) is 5.56 Å². The number of carbonyl (C=O) groups excluding carboxylic acids is 1. The van der Waals surface area contributed by atoms with Crippen molar-refractivity contribution in [1.82, 2.24) is 0 Å². The molecule has 1 aromatic heterocycles. The van der Waals surface area contributed by atoms with E-state index < -0.39 is 0 Å². The van der Waals surface area contributed by atoms with Gasteiger partial charge in [0.05, 0.1) is 4.83 Å². The Hall–Kier alpha value is -0.150. The number of aryl methyl sites for hydroxylation is 1. The molecule has 0 aliphatic rings. The smallest absolute Gasteiger partial charge is 0.138 e. The third kappa shape index (κ3) is 1.47. The Kier molecular flexibility index (Phi) is 2.63. The number of alkyl halides is 1. The molecule has 0 bridgehead atoms. The molecule has 1 aromatic rings. The van der Waals surface area contributed by atoms with Crippen molar-refractivity contribution in [3.8, 4) is 0 Å². The van der Waals surface area contributed by atoms with Crippen molar-refractivity contribution in [2.75, 3.05) is 0 Å². The number of thiophene rings is 1. The topological polar surface area (TPSA) is 17.1 Å². The molecule has 0 spiro atoms. The summed E-state index contributed by atoms with van der Waals surface area (Å²) in [4.78, 5) is 10.2. The molecule has 1 atom stereocenters. The van der Waals surface area contributed by atoms with Crippen molar-refractivity contribution in [3.05, 3.63) is 21.9 Å². The summed E-state index contributed by atoms with van der Waals surface area (Å²) in [7, 11) is 0. The van der Waals surface area contributed by atoms with Crippen LogP contribution in [0.3, 0.4) is 0 Å². The normalized spacial score (nSPS) is 13.0. The molecule has 1 heterocycles. The molecule has 0 aliphatic heterocycles. The van der Waals surface area contributed by atoms with E-state index in [0.717, 1.165) is 11.8 Å². The van der Waals surface area contributed by atoms with Crippen LogP contribution in [0.1, 0.15) is 16.0 Å². The van der Waals surface area contributed by atoms with Gasteiger partial charge in [-0.25, -0.2) is 0 Å². The standard InChI is InChI=1S/C7H7BrOS/c1-5-3-10-4-6(5)7(8)2-9/h2-4,7H,1H3/t7-/m1/s1. The minimum atomic E-state index is -0.126. The van der Waals surface area contributed by atoms with E-state index in [0.29, 0.717) is 0 Å². The van der Waals surface area contributed by atoms with Gasteiger partial charge in [-0.1, -0.05) is 15.9 Å². The van der Waals surface area contributed by atoms with Crippen LogP contribution < -0.4 is 0 Å². The third-order valence-corrected chi connectivity index (χ3v) is 2.90. The van der Waals surface area contributed by atoms with Crippen molar-refractivity contribution in [3.63, 3.8) is 0 Å². The Morgan fingerprint density at radius 1 is 1.70 bits per heavy atom. The second kappa shape index (κ2) is 3.30. The van der Waals surface area contributed by atoms with Crippen LogP contribution in [0.4, 0.5) is 0 Å². The summed E-state index contributed by atoms with van der Waals surface area (Å²) in [5, 5.41) is 4.02. The monoisotopic (exact) mass is 218 g/mol. The van der Waals surface area contributed by atoms with Gasteiger partial charge in [-0.3, -0.25) is 0 Å². The van der Waals surface area contributed by atoms with Crippen molar-refractivity contribution in [2.45, 2.75) is 11.8 Å². The number of rotatable bonds is 2. The van der Waals surface area contributed by atoms with E-state index in [4.69, 9.17) is 0 Å². The predicted molar refractivity (Wildman–Crippen MR) is 46.8 cm³/mol. The summed E-state index contributed by atoms with van der Waals surface area (Å²) >= 11 is 4.87. The molecule has 0 fully saturated rings. The highest BCUT2D eigenvalue weighted by Gasteiger charge is 2.08. The Balaban J connectivity index is 2.92. The first-order valence-corrected chi connectivity index (χ1v) is 4.73. The fourth-order valence-electron chi connectivity index (χ4n) is 0.726. The van der Waals surface area contributed by atoms with E-state index in [9.17, 15) is 4.79 Å². The first-order valence-electron chi connectivity index (χ1n) is 2.87. The number of hydrogen-bond acceptors (Lipinski definition) is 2. The molecule has 0 amide bonds. The van der Waals surface area contributed by atoms with Gasteiger partial charge in [0.2, 0.25) is 0 Å². The van der Waals surface area contributed by atoms with Crippen LogP contribution in [0.5, 0.6) is 0 Å². The number of halogens is 1. The average Bonchev–Trinajstić information content (AvgIpc) is 2.34. The first kappa shape index (κ1) is 7.95. The van der Waals surface area contributed by atoms with Crippen LogP contribution in [0, 0.1) is 6.92 Å². The molecule has 0 unspecified atom stereocenters. The Morgan fingerprint density at radius 2 is 2.40 bits per heavy atom. The molecule has 3 heteroatoms. The average molecular weight is 219 g/mol. The summed E-state index contributed by atoms with van der Waals surface area (Å²) < 4.78 is 0. The van der Waals surface area contributed by atoms with Crippen molar-refractivity contribution in [1.29, 1.82) is 0 Å². The molecule has 1 rings (SSSR count). The molecule has 54 valence electrons. The molecular formula is C7H7BrOS. The molecule has 0 saturated heterocycles. The predicted octanol–water partition coefficient (Wildman–Crippen LogP) is 2.69. The molecular weight excluding hydrogens is 212 g/mol. The summed E-state index contributed by atoms with van der Waals surface area (Å²) in [5.41, 5.74) is 2.26. The minimum Gasteiger partial charge on any atom is -0.302 e. The van der Waals surface area contributed by atoms with Crippen molar-refractivity contribution >= 4 is 33.6 Å². The molecule has 1 nitrogen and oxygen atoms in total. The maximum atomic E-state index is 10.3. The number of hydrogen-bond donors (Lipinski definition) is 0. The van der Waals surface area contributed by atoms with Gasteiger partial charge < -0.3 is 4.79 Å². The summed E-state index contributed by atoms with van der Waals surface area (Å²) in [6, 6.07) is 0. The molecule has 0 N–H and O–H groups in total. The lowest BCUT2D eigenvalue weighted by atomic mass is 10.2. The summed E-state index contributed by atoms with van der Waals surface area (Å²) in [6.45, 7) is 2.00. The van der Waals surface area contributed by atoms with E-state index in [1.807, 2.05) is 17.7 Å². The fourth-order valence-corrected chi connectivity index (χ4v) is 2.28. The van der Waals surface area contributed by atoms with Crippen molar-refractivity contribution in [2.24, 2.45) is 0 Å². The lowest BCUT2D eigenvalue weighted by Crippen LogP contribution is -1.89. The van der Waals surface area contributed by atoms with Crippen LogP contribution in [-0.4, -0.2) is 6.29 Å². The Bertz CT molecular complexity index is 231. The SMILES string of the molecule is Cc1cscc1[C@H](Br)C=O. The van der Waals surface area contributed by atoms with E-state index >= 15 is 0 Å². The van der Waals surface area contributed by atoms with Gasteiger partial charge in [0.1, 0.15) is 6.29 Å². The maximum Gasteiger partial charge on any atom is 0.138 e. The first-order chi connectivity index (χ1) is 4.75. The number of aldehydes is 1. The van der Waals surface area contributed by atoms with Crippen LogP contribution in [-0.2, 0) is 4.79 Å². The zero-order chi connectivity index (χ0) is 7.56. The van der Waals surface area contributed by atoms with Gasteiger partial charge >= 0.3 is 0 Å². The van der Waals surface area contributed by atoms with Crippen LogP contribution in [0.25, 0.3) is 0 Å². The Morgan fingerprint density at radius 3 is 2.80 bits per heavy atom. The summed E-state index contributed by atoms with van der Waals surface area (Å²) in [5.74, 6) is 0. The largest absolute Gasteiger partial charge is 0.302 e. The Labute approximate surface area is 72.2 Å². The molecule has 0 aromatic carbocycles. The number of carbonyl (C=O) groups is 1. The van der Waals surface area contributed by atoms with E-state index in [-0.39, 0.29) is 4.83 Å². The van der Waals surface area contributed by atoms with E-state index in [2.05, 4.69) is 15.9 Å². The van der Waals surface area contributed by atoms with Gasteiger partial charge in [0.15, 0.2) is 0 Å². The second-order valence-corrected chi connectivity index (χ2v) is 3.78. The second-order valence-electron chi connectivity index (χ2n) is 2.05. The minimum absolute atomic E-state index is 0.126. The van der Waals surface area contributed by atoms with Gasteiger partial charge in [0, 0.05) is 0 Å². The van der Waals surface area contributed by atoms with Gasteiger partial charge in [-0.05, 0) is 28.8 Å². The van der Waals surface area contributed by atoms with Crippen molar-refractivity contribution < 1.29 is 4.79 Å². The third-order valence-electron chi connectivity index (χ3n) is 1.31. The lowest BCUT2D eigenvalue weighted by molar-refractivity contribution is -0.107. The lowest BCUT2D eigenvalue weighted by Gasteiger charge is -1.98. The van der Waals surface area contributed by atoms with Crippen LogP contribution in [0.2, 0.25) is 0 Å². The molecule has 10 heavy (non-hydrogen) atoms. The highest BCUT2D eigenvalue weighted by molar-refractivity contribution is 9.09. The molecule has 0 aliphatic carbocycles. The van der Waals surface area contributed by atoms with E-state index in [1.54, 1.807) is 11.3 Å². The zero-order valence-electron chi connectivity index (χ0n) is 5.50. The zero-order valence-corrected chi connectivity index (χ0v) is 7.91. The fraction of sp³-hybridized carbons (Fsp3) is 0.286. The van der Waals surface area contributed by atoms with Crippen LogP contribution >= 0.6 is 27.3 Å². The quantitative estimate of drug-likeness (QED) is 0.552. The molecule has 0 radical (unpaired) electrons. The van der Waals surface area contributed by atoms with Crippen LogP contribution in [0.15, 0.2) is 10.8 Å². The van der Waals surface area contributed by atoms with Gasteiger partial charge in [0.25, 0.3) is 0 Å². The maximum absolute atomic E-state index is 10.3. The summed E-state index contributed by atoms with van der Waals surface area (Å²) in [6.07, 6.45) is 0.898. The highest BCUT2D eigenvalue weighted by Crippen LogP contribution is 2.26. The van der Waals surface area contributed by atoms with Gasteiger partial charge in [-0.15, -0.1) is 0 Å². The highest BCUT2D eigenvalue weighted by atomic mass is 79.9.